The Bertz CT molecular complexity index is 922. The van der Waals surface area contributed by atoms with Crippen molar-refractivity contribution < 1.29 is 4.79 Å². The molecule has 150 valence electrons. The lowest BCUT2D eigenvalue weighted by Gasteiger charge is -2.32. The molecule has 0 saturated carbocycles. The predicted octanol–water partition coefficient (Wildman–Crippen LogP) is 6.86. The summed E-state index contributed by atoms with van der Waals surface area (Å²) in [6.07, 6.45) is 2.03. The molecule has 0 spiro atoms. The Morgan fingerprint density at radius 3 is 2.14 bits per heavy atom. The minimum Gasteiger partial charge on any atom is -0.320 e. The molecule has 3 heteroatoms. The lowest BCUT2D eigenvalue weighted by molar-refractivity contribution is 0.203. The van der Waals surface area contributed by atoms with Crippen molar-refractivity contribution in [3.8, 4) is 0 Å². The minimum atomic E-state index is 0.0159. The third-order valence-electron chi connectivity index (χ3n) is 5.29. The van der Waals surface area contributed by atoms with Gasteiger partial charge in [0.15, 0.2) is 0 Å². The Kier molecular flexibility index (Phi) is 7.07. The van der Waals surface area contributed by atoms with Crippen LogP contribution in [0.4, 0.5) is 16.2 Å². The van der Waals surface area contributed by atoms with E-state index in [9.17, 15) is 4.79 Å². The Morgan fingerprint density at radius 1 is 0.828 bits per heavy atom. The van der Waals surface area contributed by atoms with E-state index < -0.39 is 0 Å². The first kappa shape index (κ1) is 20.7. The van der Waals surface area contributed by atoms with Crippen LogP contribution in [0.25, 0.3) is 0 Å². The van der Waals surface area contributed by atoms with Crippen molar-refractivity contribution in [2.75, 3.05) is 11.4 Å². The van der Waals surface area contributed by atoms with Gasteiger partial charge in [0.25, 0.3) is 0 Å². The first-order valence-electron chi connectivity index (χ1n) is 10.4. The van der Waals surface area contributed by atoms with Gasteiger partial charge in [-0.2, -0.15) is 0 Å². The van der Waals surface area contributed by atoms with E-state index in [1.807, 2.05) is 70.5 Å². The van der Waals surface area contributed by atoms with E-state index in [1.165, 1.54) is 5.56 Å². The van der Waals surface area contributed by atoms with Crippen LogP contribution in [0, 0.1) is 13.8 Å². The number of nitrogens with zero attached hydrogens (tertiary/aromatic N) is 2. The highest BCUT2D eigenvalue weighted by Crippen LogP contribution is 2.31. The van der Waals surface area contributed by atoms with Crippen molar-refractivity contribution in [1.82, 2.24) is 4.90 Å². The van der Waals surface area contributed by atoms with Gasteiger partial charge in [0, 0.05) is 13.1 Å². The molecular weight excluding hydrogens is 356 g/mol. The Hall–Kier alpha value is -3.07. The molecule has 0 N–H and O–H groups in total. The van der Waals surface area contributed by atoms with Crippen molar-refractivity contribution in [3.05, 3.63) is 95.6 Å². The molecule has 0 unspecified atom stereocenters. The standard InChI is InChI=1S/C26H30N2O/c1-4-5-19-27(20-23-14-8-6-9-15-23)26(29)28(24-16-10-7-11-17-24)25-18-12-13-21(2)22(25)3/h6-18H,4-5,19-20H2,1-3H3. The number of benzene rings is 3. The maximum absolute atomic E-state index is 13.9. The topological polar surface area (TPSA) is 23.6 Å². The number of hydrogen-bond donors (Lipinski definition) is 0. The van der Waals surface area contributed by atoms with E-state index in [1.54, 1.807) is 0 Å². The number of urea groups is 1. The average molecular weight is 387 g/mol. The SMILES string of the molecule is CCCCN(Cc1ccccc1)C(=O)N(c1ccccc1)c1cccc(C)c1C. The maximum Gasteiger partial charge on any atom is 0.329 e. The largest absolute Gasteiger partial charge is 0.329 e. The molecule has 0 aliphatic heterocycles. The van der Waals surface area contributed by atoms with Gasteiger partial charge in [-0.1, -0.05) is 74.0 Å². The van der Waals surface area contributed by atoms with Gasteiger partial charge in [-0.3, -0.25) is 4.90 Å². The Balaban J connectivity index is 2.02. The van der Waals surface area contributed by atoms with Crippen LogP contribution < -0.4 is 4.90 Å². The quantitative estimate of drug-likeness (QED) is 0.435. The first-order chi connectivity index (χ1) is 14.1. The molecule has 0 fully saturated rings. The van der Waals surface area contributed by atoms with Crippen molar-refractivity contribution in [2.45, 2.75) is 40.2 Å². The molecule has 0 radical (unpaired) electrons. The van der Waals surface area contributed by atoms with Gasteiger partial charge in [-0.25, -0.2) is 4.79 Å². The summed E-state index contributed by atoms with van der Waals surface area (Å²) in [5.74, 6) is 0. The second-order valence-corrected chi connectivity index (χ2v) is 7.43. The predicted molar refractivity (Wildman–Crippen MR) is 122 cm³/mol. The number of carbonyl (C=O) groups is 1. The summed E-state index contributed by atoms with van der Waals surface area (Å²) in [7, 11) is 0. The van der Waals surface area contributed by atoms with Crippen LogP contribution in [0.3, 0.4) is 0 Å². The van der Waals surface area contributed by atoms with Gasteiger partial charge in [-0.05, 0) is 55.2 Å². The van der Waals surface area contributed by atoms with Crippen molar-refractivity contribution in [1.29, 1.82) is 0 Å². The van der Waals surface area contributed by atoms with Crippen LogP contribution in [0.1, 0.15) is 36.5 Å². The number of rotatable bonds is 7. The zero-order valence-electron chi connectivity index (χ0n) is 17.6. The summed E-state index contributed by atoms with van der Waals surface area (Å²) in [6.45, 7) is 7.67. The van der Waals surface area contributed by atoms with E-state index in [2.05, 4.69) is 39.0 Å². The molecule has 0 aliphatic carbocycles. The average Bonchev–Trinajstić information content (AvgIpc) is 2.75. The van der Waals surface area contributed by atoms with Crippen LogP contribution in [0.2, 0.25) is 0 Å². The van der Waals surface area contributed by atoms with Gasteiger partial charge in [0.2, 0.25) is 0 Å². The Morgan fingerprint density at radius 2 is 1.48 bits per heavy atom. The van der Waals surface area contributed by atoms with Gasteiger partial charge in [-0.15, -0.1) is 0 Å². The van der Waals surface area contributed by atoms with Crippen LogP contribution in [0.15, 0.2) is 78.9 Å². The minimum absolute atomic E-state index is 0.0159. The maximum atomic E-state index is 13.9. The highest BCUT2D eigenvalue weighted by Gasteiger charge is 2.25. The monoisotopic (exact) mass is 386 g/mol. The molecule has 0 aromatic heterocycles. The molecule has 3 rings (SSSR count). The summed E-state index contributed by atoms with van der Waals surface area (Å²) in [4.78, 5) is 17.7. The van der Waals surface area contributed by atoms with Crippen LogP contribution in [-0.2, 0) is 6.54 Å². The number of carbonyl (C=O) groups excluding carboxylic acids is 1. The van der Waals surface area contributed by atoms with Crippen molar-refractivity contribution in [2.24, 2.45) is 0 Å². The van der Waals surface area contributed by atoms with Crippen LogP contribution in [0.5, 0.6) is 0 Å². The van der Waals surface area contributed by atoms with E-state index >= 15 is 0 Å². The highest BCUT2D eigenvalue weighted by molar-refractivity contribution is 6.00. The first-order valence-corrected chi connectivity index (χ1v) is 10.4. The lowest BCUT2D eigenvalue weighted by atomic mass is 10.1. The van der Waals surface area contributed by atoms with Crippen LogP contribution >= 0.6 is 0 Å². The van der Waals surface area contributed by atoms with Gasteiger partial charge in [0.1, 0.15) is 0 Å². The fourth-order valence-corrected chi connectivity index (χ4v) is 3.44. The summed E-state index contributed by atoms with van der Waals surface area (Å²) < 4.78 is 0. The highest BCUT2D eigenvalue weighted by atomic mass is 16.2. The summed E-state index contributed by atoms with van der Waals surface area (Å²) in [6, 6.07) is 26.3. The van der Waals surface area contributed by atoms with Gasteiger partial charge >= 0.3 is 6.03 Å². The van der Waals surface area contributed by atoms with Crippen molar-refractivity contribution >= 4 is 17.4 Å². The third kappa shape index (κ3) is 5.05. The summed E-state index contributed by atoms with van der Waals surface area (Å²) in [5.41, 5.74) is 5.28. The molecule has 0 aliphatic rings. The Labute approximate surface area is 174 Å². The second kappa shape index (κ2) is 9.92. The molecule has 0 bridgehead atoms. The van der Waals surface area contributed by atoms with E-state index in [4.69, 9.17) is 0 Å². The second-order valence-electron chi connectivity index (χ2n) is 7.43. The third-order valence-corrected chi connectivity index (χ3v) is 5.29. The molecule has 3 aromatic rings. The number of hydrogen-bond acceptors (Lipinski definition) is 1. The number of aryl methyl sites for hydroxylation is 1. The molecule has 0 atom stereocenters. The van der Waals surface area contributed by atoms with Crippen LogP contribution in [-0.4, -0.2) is 17.5 Å². The van der Waals surface area contributed by atoms with Crippen molar-refractivity contribution in [3.63, 3.8) is 0 Å². The molecule has 3 aromatic carbocycles. The molecule has 0 saturated heterocycles. The molecule has 3 nitrogen and oxygen atoms in total. The molecule has 29 heavy (non-hydrogen) atoms. The lowest BCUT2D eigenvalue weighted by Crippen LogP contribution is -2.41. The fraction of sp³-hybridized carbons (Fsp3) is 0.269. The number of amides is 2. The number of para-hydroxylation sites is 1. The number of anilines is 2. The molecule has 2 amide bonds. The zero-order valence-corrected chi connectivity index (χ0v) is 17.6. The smallest absolute Gasteiger partial charge is 0.320 e. The van der Waals surface area contributed by atoms with Gasteiger partial charge < -0.3 is 4.90 Å². The summed E-state index contributed by atoms with van der Waals surface area (Å²) in [5, 5.41) is 0. The molecular formula is C26H30N2O. The zero-order chi connectivity index (χ0) is 20.6. The number of unbranched alkanes of at least 4 members (excludes halogenated alkanes) is 1. The van der Waals surface area contributed by atoms with E-state index in [-0.39, 0.29) is 6.03 Å². The summed E-state index contributed by atoms with van der Waals surface area (Å²) >= 11 is 0. The fourth-order valence-electron chi connectivity index (χ4n) is 3.44. The van der Waals surface area contributed by atoms with E-state index in [0.717, 1.165) is 41.9 Å². The normalized spacial score (nSPS) is 10.6. The molecule has 0 heterocycles. The van der Waals surface area contributed by atoms with Gasteiger partial charge in [0.05, 0.1) is 11.4 Å². The van der Waals surface area contributed by atoms with E-state index in [0.29, 0.717) is 6.54 Å².